The van der Waals surface area contributed by atoms with Crippen molar-refractivity contribution in [1.29, 1.82) is 0 Å². The fraction of sp³-hybridized carbons (Fsp3) is 0. The van der Waals surface area contributed by atoms with Crippen LogP contribution in [0.25, 0.3) is 83.1 Å². The second-order valence-corrected chi connectivity index (χ2v) is 11.2. The number of nitrogens with zero attached hydrogens (tertiary/aromatic N) is 2. The summed E-state index contributed by atoms with van der Waals surface area (Å²) in [5.74, 6) is 0. The Labute approximate surface area is 254 Å². The summed E-state index contributed by atoms with van der Waals surface area (Å²) < 4.78 is 8.71. The Kier molecular flexibility index (Phi) is 5.50. The minimum atomic E-state index is 0.886. The Morgan fingerprint density at radius 2 is 1.09 bits per heavy atom. The summed E-state index contributed by atoms with van der Waals surface area (Å²) in [6, 6.07) is 55.4. The van der Waals surface area contributed by atoms with Gasteiger partial charge in [-0.25, -0.2) is 4.98 Å². The first-order valence-electron chi connectivity index (χ1n) is 14.9. The zero-order valence-corrected chi connectivity index (χ0v) is 23.8. The molecule has 0 aliphatic heterocycles. The van der Waals surface area contributed by atoms with Gasteiger partial charge in [0.05, 0.1) is 33.5 Å². The third-order valence-corrected chi connectivity index (χ3v) is 8.61. The highest BCUT2D eigenvalue weighted by atomic mass is 16.3. The van der Waals surface area contributed by atoms with Gasteiger partial charge in [0, 0.05) is 27.3 Å². The summed E-state index contributed by atoms with van der Waals surface area (Å²) in [5, 5.41) is 4.62. The molecule has 3 heteroatoms. The van der Waals surface area contributed by atoms with Crippen LogP contribution in [0, 0.1) is 0 Å². The molecule has 0 bridgehead atoms. The monoisotopic (exact) mass is 562 g/mol. The maximum absolute atomic E-state index is 6.31. The maximum Gasteiger partial charge on any atom is 0.137 e. The lowest BCUT2D eigenvalue weighted by molar-refractivity contribution is 0.669. The van der Waals surface area contributed by atoms with Gasteiger partial charge in [-0.05, 0) is 59.7 Å². The van der Waals surface area contributed by atoms with E-state index in [1.807, 2.05) is 18.2 Å². The molecule has 0 aliphatic rings. The molecule has 44 heavy (non-hydrogen) atoms. The zero-order valence-electron chi connectivity index (χ0n) is 23.8. The number of furan rings is 1. The highest BCUT2D eigenvalue weighted by molar-refractivity contribution is 6.15. The van der Waals surface area contributed by atoms with Gasteiger partial charge in [0.2, 0.25) is 0 Å². The summed E-state index contributed by atoms with van der Waals surface area (Å²) in [5.41, 5.74) is 11.7. The lowest BCUT2D eigenvalue weighted by atomic mass is 10.0. The van der Waals surface area contributed by atoms with E-state index >= 15 is 0 Å². The van der Waals surface area contributed by atoms with Crippen molar-refractivity contribution in [2.75, 3.05) is 0 Å². The van der Waals surface area contributed by atoms with Crippen LogP contribution in [0.1, 0.15) is 0 Å². The second-order valence-electron chi connectivity index (χ2n) is 11.2. The molecular formula is C41H26N2O. The largest absolute Gasteiger partial charge is 0.456 e. The van der Waals surface area contributed by atoms with Crippen molar-refractivity contribution in [3.63, 3.8) is 0 Å². The van der Waals surface area contributed by atoms with Gasteiger partial charge >= 0.3 is 0 Å². The van der Waals surface area contributed by atoms with Crippen molar-refractivity contribution in [1.82, 2.24) is 9.55 Å². The molecule has 9 aromatic rings. The fourth-order valence-corrected chi connectivity index (χ4v) is 6.56. The smallest absolute Gasteiger partial charge is 0.137 e. The van der Waals surface area contributed by atoms with Crippen molar-refractivity contribution < 1.29 is 4.42 Å². The summed E-state index contributed by atoms with van der Waals surface area (Å²) in [6.45, 7) is 0. The molecule has 6 aromatic carbocycles. The first-order valence-corrected chi connectivity index (χ1v) is 14.9. The highest BCUT2D eigenvalue weighted by Crippen LogP contribution is 2.40. The number of hydrogen-bond acceptors (Lipinski definition) is 2. The normalized spacial score (nSPS) is 11.6. The number of hydrogen-bond donors (Lipinski definition) is 0. The minimum Gasteiger partial charge on any atom is -0.456 e. The molecule has 0 fully saturated rings. The molecule has 0 N–H and O–H groups in total. The van der Waals surface area contributed by atoms with Crippen molar-refractivity contribution >= 4 is 43.7 Å². The molecule has 3 nitrogen and oxygen atoms in total. The zero-order chi connectivity index (χ0) is 29.0. The van der Waals surface area contributed by atoms with Gasteiger partial charge in [-0.1, -0.05) is 109 Å². The molecule has 0 saturated carbocycles. The molecule has 0 unspecified atom stereocenters. The van der Waals surface area contributed by atoms with Gasteiger partial charge in [-0.15, -0.1) is 0 Å². The Hall–Kier alpha value is -5.93. The van der Waals surface area contributed by atoms with Crippen LogP contribution in [0.5, 0.6) is 0 Å². The van der Waals surface area contributed by atoms with Gasteiger partial charge in [-0.2, -0.15) is 0 Å². The van der Waals surface area contributed by atoms with E-state index in [-0.39, 0.29) is 0 Å². The lowest BCUT2D eigenvalue weighted by Crippen LogP contribution is -1.95. The summed E-state index contributed by atoms with van der Waals surface area (Å²) in [7, 11) is 0. The topological polar surface area (TPSA) is 31.0 Å². The first kappa shape index (κ1) is 24.6. The van der Waals surface area contributed by atoms with E-state index < -0.39 is 0 Å². The van der Waals surface area contributed by atoms with Crippen LogP contribution >= 0.6 is 0 Å². The van der Waals surface area contributed by atoms with Crippen LogP contribution in [0.4, 0.5) is 0 Å². The van der Waals surface area contributed by atoms with Gasteiger partial charge in [0.1, 0.15) is 11.2 Å². The fourth-order valence-electron chi connectivity index (χ4n) is 6.56. The van der Waals surface area contributed by atoms with Gasteiger partial charge in [0.25, 0.3) is 0 Å². The number of pyridine rings is 1. The third kappa shape index (κ3) is 3.87. The van der Waals surface area contributed by atoms with Gasteiger partial charge in [-0.3, -0.25) is 0 Å². The van der Waals surface area contributed by atoms with Gasteiger partial charge < -0.3 is 8.98 Å². The van der Waals surface area contributed by atoms with E-state index in [4.69, 9.17) is 9.40 Å². The van der Waals surface area contributed by atoms with E-state index in [0.717, 1.165) is 61.2 Å². The average molecular weight is 563 g/mol. The predicted molar refractivity (Wildman–Crippen MR) is 182 cm³/mol. The lowest BCUT2D eigenvalue weighted by Gasteiger charge is -2.11. The second kappa shape index (κ2) is 9.82. The molecule has 206 valence electrons. The van der Waals surface area contributed by atoms with Crippen LogP contribution in [-0.4, -0.2) is 9.55 Å². The molecule has 0 spiro atoms. The molecule has 9 rings (SSSR count). The Morgan fingerprint density at radius 3 is 1.93 bits per heavy atom. The number of para-hydroxylation sites is 1. The van der Waals surface area contributed by atoms with Crippen LogP contribution in [0.2, 0.25) is 0 Å². The van der Waals surface area contributed by atoms with Crippen molar-refractivity contribution in [3.05, 3.63) is 158 Å². The van der Waals surface area contributed by atoms with Crippen LogP contribution in [-0.2, 0) is 0 Å². The van der Waals surface area contributed by atoms with E-state index in [9.17, 15) is 0 Å². The number of rotatable bonds is 4. The SMILES string of the molecule is c1ccc(-c2ccc3c4cc(-c5cccc(-c6ccccc6)n5)ccc4n(-c4cccc5oc6ccccc6c45)c3c2)cc1. The molecule has 0 saturated heterocycles. The van der Waals surface area contributed by atoms with Crippen LogP contribution < -0.4 is 0 Å². The van der Waals surface area contributed by atoms with Crippen molar-refractivity contribution in [3.8, 4) is 39.3 Å². The standard InChI is InChI=1S/C41H26N2O/c1-3-11-27(12-4-1)29-21-23-31-33-25-30(35-17-9-16-34(42-35)28-13-5-2-6-14-28)22-24-36(33)43(38(31)26-29)37-18-10-20-40-41(37)32-15-7-8-19-39(32)44-40/h1-26H. The van der Waals surface area contributed by atoms with Gasteiger partial charge in [0.15, 0.2) is 0 Å². The number of fused-ring (bicyclic) bond motifs is 6. The first-order chi connectivity index (χ1) is 21.8. The highest BCUT2D eigenvalue weighted by Gasteiger charge is 2.19. The average Bonchev–Trinajstić information content (AvgIpc) is 3.64. The van der Waals surface area contributed by atoms with Crippen LogP contribution in [0.15, 0.2) is 162 Å². The van der Waals surface area contributed by atoms with Crippen molar-refractivity contribution in [2.24, 2.45) is 0 Å². The van der Waals surface area contributed by atoms with E-state index in [0.29, 0.717) is 0 Å². The van der Waals surface area contributed by atoms with E-state index in [2.05, 4.69) is 144 Å². The molecule has 0 radical (unpaired) electrons. The Morgan fingerprint density at radius 1 is 0.409 bits per heavy atom. The molecule has 0 aliphatic carbocycles. The quantitative estimate of drug-likeness (QED) is 0.214. The molecule has 3 aromatic heterocycles. The summed E-state index contributed by atoms with van der Waals surface area (Å²) >= 11 is 0. The third-order valence-electron chi connectivity index (χ3n) is 8.61. The Bertz CT molecular complexity index is 2490. The molecular weight excluding hydrogens is 536 g/mol. The van der Waals surface area contributed by atoms with E-state index in [1.54, 1.807) is 0 Å². The summed E-state index contributed by atoms with van der Waals surface area (Å²) in [6.07, 6.45) is 0. The number of benzene rings is 6. The maximum atomic E-state index is 6.31. The minimum absolute atomic E-state index is 0.886. The van der Waals surface area contributed by atoms with Crippen molar-refractivity contribution in [2.45, 2.75) is 0 Å². The van der Waals surface area contributed by atoms with Crippen LogP contribution in [0.3, 0.4) is 0 Å². The molecule has 0 amide bonds. The molecule has 0 atom stereocenters. The predicted octanol–water partition coefficient (Wildman–Crippen LogP) is 11.1. The Balaban J connectivity index is 1.32. The number of aromatic nitrogens is 2. The summed E-state index contributed by atoms with van der Waals surface area (Å²) in [4.78, 5) is 5.07. The molecule has 3 heterocycles. The van der Waals surface area contributed by atoms with E-state index in [1.165, 1.54) is 21.9 Å².